The number of pyridine rings is 1. The Morgan fingerprint density at radius 3 is 3.05 bits per heavy atom. The highest BCUT2D eigenvalue weighted by atomic mass is 32.2. The molecule has 2 heterocycles. The molecule has 2 aromatic rings. The Morgan fingerprint density at radius 1 is 1.38 bits per heavy atom. The number of hydrogen-bond acceptors (Lipinski definition) is 4. The molecule has 4 heteroatoms. The van der Waals surface area contributed by atoms with Gasteiger partial charge in [-0.1, -0.05) is 31.2 Å². The summed E-state index contributed by atoms with van der Waals surface area (Å²) in [4.78, 5) is 7.15. The van der Waals surface area contributed by atoms with E-state index < -0.39 is 0 Å². The van der Waals surface area contributed by atoms with Crippen molar-refractivity contribution in [2.75, 3.05) is 25.4 Å². The van der Waals surface area contributed by atoms with Gasteiger partial charge in [0, 0.05) is 48.3 Å². The molecule has 0 saturated carbocycles. The zero-order valence-electron chi connectivity index (χ0n) is 12.5. The number of fused-ring (bicyclic) bond motifs is 1. The molecular weight excluding hydrogens is 278 g/mol. The Bertz CT molecular complexity index is 596. The van der Waals surface area contributed by atoms with Crippen LogP contribution >= 0.6 is 11.8 Å². The smallest absolute Gasteiger partial charge is 0.0750 e. The fourth-order valence-corrected chi connectivity index (χ4v) is 4.35. The molecule has 0 radical (unpaired) electrons. The van der Waals surface area contributed by atoms with Gasteiger partial charge < -0.3 is 5.73 Å². The number of rotatable bonds is 4. The number of thioether (sulfide) groups is 1. The van der Waals surface area contributed by atoms with Crippen LogP contribution in [0.25, 0.3) is 10.9 Å². The quantitative estimate of drug-likeness (QED) is 0.942. The van der Waals surface area contributed by atoms with Gasteiger partial charge in [0.2, 0.25) is 0 Å². The normalized spacial score (nSPS) is 21.5. The minimum absolute atomic E-state index is 0.276. The van der Waals surface area contributed by atoms with Crippen molar-refractivity contribution in [3.63, 3.8) is 0 Å². The molecule has 0 aliphatic carbocycles. The summed E-state index contributed by atoms with van der Waals surface area (Å²) in [7, 11) is 0. The molecular formula is C17H23N3S. The van der Waals surface area contributed by atoms with Gasteiger partial charge in [-0.2, -0.15) is 11.8 Å². The van der Waals surface area contributed by atoms with Crippen molar-refractivity contribution in [1.29, 1.82) is 0 Å². The van der Waals surface area contributed by atoms with Gasteiger partial charge in [0.1, 0.15) is 0 Å². The first-order chi connectivity index (χ1) is 10.3. The zero-order valence-corrected chi connectivity index (χ0v) is 13.4. The van der Waals surface area contributed by atoms with E-state index in [1.165, 1.54) is 23.1 Å². The first kappa shape index (κ1) is 14.8. The average Bonchev–Trinajstić information content (AvgIpc) is 2.56. The van der Waals surface area contributed by atoms with E-state index in [-0.39, 0.29) is 6.04 Å². The van der Waals surface area contributed by atoms with Crippen LogP contribution in [0.15, 0.2) is 36.5 Å². The standard InChI is InChI=1S/C17H23N3S/c1-2-14-12-20(9-10-21-14)16(11-18)15-7-3-5-13-6-4-8-19-17(13)15/h3-8,14,16H,2,9-12,18H2,1H3. The van der Waals surface area contributed by atoms with Crippen LogP contribution in [-0.2, 0) is 0 Å². The Morgan fingerprint density at radius 2 is 2.24 bits per heavy atom. The molecule has 1 fully saturated rings. The summed E-state index contributed by atoms with van der Waals surface area (Å²) in [5.41, 5.74) is 8.51. The van der Waals surface area contributed by atoms with Crippen molar-refractivity contribution in [2.24, 2.45) is 5.73 Å². The Kier molecular flexibility index (Phi) is 4.78. The van der Waals surface area contributed by atoms with Crippen molar-refractivity contribution >= 4 is 22.7 Å². The van der Waals surface area contributed by atoms with Crippen LogP contribution in [0.5, 0.6) is 0 Å². The molecule has 0 bridgehead atoms. The van der Waals surface area contributed by atoms with Gasteiger partial charge in [-0.15, -0.1) is 0 Å². The van der Waals surface area contributed by atoms with E-state index >= 15 is 0 Å². The molecule has 1 aromatic heterocycles. The highest BCUT2D eigenvalue weighted by Gasteiger charge is 2.26. The first-order valence-corrected chi connectivity index (χ1v) is 8.77. The predicted octanol–water partition coefficient (Wildman–Crippen LogP) is 3.06. The minimum atomic E-state index is 0.276. The van der Waals surface area contributed by atoms with Crippen molar-refractivity contribution < 1.29 is 0 Å². The van der Waals surface area contributed by atoms with Crippen LogP contribution in [0.1, 0.15) is 24.9 Å². The molecule has 2 atom stereocenters. The van der Waals surface area contributed by atoms with Crippen molar-refractivity contribution in [1.82, 2.24) is 9.88 Å². The molecule has 112 valence electrons. The van der Waals surface area contributed by atoms with Crippen LogP contribution in [0.4, 0.5) is 0 Å². The van der Waals surface area contributed by atoms with E-state index in [2.05, 4.69) is 52.8 Å². The minimum Gasteiger partial charge on any atom is -0.329 e. The molecule has 21 heavy (non-hydrogen) atoms. The Balaban J connectivity index is 1.94. The average molecular weight is 301 g/mol. The van der Waals surface area contributed by atoms with E-state index in [4.69, 9.17) is 5.73 Å². The SMILES string of the molecule is CCC1CN(C(CN)c2cccc3cccnc23)CCS1. The molecule has 1 aliphatic rings. The second-order valence-corrected chi connectivity index (χ2v) is 6.98. The van der Waals surface area contributed by atoms with E-state index in [9.17, 15) is 0 Å². The molecule has 1 aliphatic heterocycles. The highest BCUT2D eigenvalue weighted by molar-refractivity contribution is 8.00. The fourth-order valence-electron chi connectivity index (χ4n) is 3.14. The summed E-state index contributed by atoms with van der Waals surface area (Å²) >= 11 is 2.10. The predicted molar refractivity (Wildman–Crippen MR) is 91.6 cm³/mol. The summed E-state index contributed by atoms with van der Waals surface area (Å²) < 4.78 is 0. The van der Waals surface area contributed by atoms with E-state index in [1.807, 2.05) is 12.3 Å². The van der Waals surface area contributed by atoms with E-state index in [1.54, 1.807) is 0 Å². The third-order valence-electron chi connectivity index (χ3n) is 4.31. The van der Waals surface area contributed by atoms with Crippen molar-refractivity contribution in [3.05, 3.63) is 42.1 Å². The van der Waals surface area contributed by atoms with Gasteiger partial charge in [0.25, 0.3) is 0 Å². The molecule has 2 N–H and O–H groups in total. The summed E-state index contributed by atoms with van der Waals surface area (Å²) in [5, 5.41) is 1.93. The lowest BCUT2D eigenvalue weighted by Gasteiger charge is -2.37. The van der Waals surface area contributed by atoms with Crippen LogP contribution < -0.4 is 5.73 Å². The monoisotopic (exact) mass is 301 g/mol. The lowest BCUT2D eigenvalue weighted by atomic mass is 10.0. The zero-order chi connectivity index (χ0) is 14.7. The summed E-state index contributed by atoms with van der Waals surface area (Å²) in [6.07, 6.45) is 3.10. The fraction of sp³-hybridized carbons (Fsp3) is 0.471. The van der Waals surface area contributed by atoms with Crippen LogP contribution in [0, 0.1) is 0 Å². The maximum absolute atomic E-state index is 6.14. The maximum atomic E-state index is 6.14. The third kappa shape index (κ3) is 3.07. The van der Waals surface area contributed by atoms with Crippen LogP contribution in [-0.4, -0.2) is 40.5 Å². The number of aromatic nitrogens is 1. The molecule has 1 saturated heterocycles. The molecule has 1 aromatic carbocycles. The third-order valence-corrected chi connectivity index (χ3v) is 5.68. The van der Waals surface area contributed by atoms with Gasteiger partial charge in [0.05, 0.1) is 5.52 Å². The van der Waals surface area contributed by atoms with Gasteiger partial charge in [0.15, 0.2) is 0 Å². The number of benzene rings is 1. The Labute approximate surface area is 130 Å². The van der Waals surface area contributed by atoms with E-state index in [0.29, 0.717) is 6.54 Å². The summed E-state index contributed by atoms with van der Waals surface area (Å²) in [6, 6.07) is 10.8. The molecule has 2 unspecified atom stereocenters. The van der Waals surface area contributed by atoms with Gasteiger partial charge in [-0.3, -0.25) is 9.88 Å². The highest BCUT2D eigenvalue weighted by Crippen LogP contribution is 2.31. The number of nitrogens with two attached hydrogens (primary N) is 1. The van der Waals surface area contributed by atoms with Gasteiger partial charge in [-0.05, 0) is 18.1 Å². The summed E-state index contributed by atoms with van der Waals surface area (Å²) in [6.45, 7) is 5.17. The molecule has 0 spiro atoms. The molecule has 3 nitrogen and oxygen atoms in total. The number of nitrogens with zero attached hydrogens (tertiary/aromatic N) is 2. The molecule has 0 amide bonds. The lowest BCUT2D eigenvalue weighted by molar-refractivity contribution is 0.208. The van der Waals surface area contributed by atoms with Crippen molar-refractivity contribution in [3.8, 4) is 0 Å². The summed E-state index contributed by atoms with van der Waals surface area (Å²) in [5.74, 6) is 1.20. The largest absolute Gasteiger partial charge is 0.329 e. The second-order valence-electron chi connectivity index (χ2n) is 5.57. The topological polar surface area (TPSA) is 42.1 Å². The molecule has 3 rings (SSSR count). The first-order valence-electron chi connectivity index (χ1n) is 7.72. The number of para-hydroxylation sites is 1. The Hall–Kier alpha value is -1.10. The van der Waals surface area contributed by atoms with E-state index in [0.717, 1.165) is 23.9 Å². The number of hydrogen-bond donors (Lipinski definition) is 1. The van der Waals surface area contributed by atoms with Crippen LogP contribution in [0.3, 0.4) is 0 Å². The van der Waals surface area contributed by atoms with Crippen LogP contribution in [0.2, 0.25) is 0 Å². The lowest BCUT2D eigenvalue weighted by Crippen LogP contribution is -2.42. The maximum Gasteiger partial charge on any atom is 0.0750 e. The second kappa shape index (κ2) is 6.77. The van der Waals surface area contributed by atoms with Gasteiger partial charge in [-0.25, -0.2) is 0 Å². The van der Waals surface area contributed by atoms with Gasteiger partial charge >= 0.3 is 0 Å². The van der Waals surface area contributed by atoms with Crippen molar-refractivity contribution in [2.45, 2.75) is 24.6 Å².